The summed E-state index contributed by atoms with van der Waals surface area (Å²) in [6.45, 7) is 3.67. The van der Waals surface area contributed by atoms with Crippen molar-refractivity contribution in [1.82, 2.24) is 0 Å². The number of carbonyl (C=O) groups excluding carboxylic acids is 1. The van der Waals surface area contributed by atoms with Gasteiger partial charge in [0, 0.05) is 16.9 Å². The summed E-state index contributed by atoms with van der Waals surface area (Å²) in [7, 11) is 0. The molecule has 0 aliphatic carbocycles. The summed E-state index contributed by atoms with van der Waals surface area (Å²) in [6, 6.07) is 14.3. The lowest BCUT2D eigenvalue weighted by molar-refractivity contribution is 0.102. The number of nitrogens with one attached hydrogen (secondary N) is 1. The third kappa shape index (κ3) is 2.77. The minimum Gasteiger partial charge on any atom is -0.399 e. The van der Waals surface area contributed by atoms with E-state index in [-0.39, 0.29) is 5.91 Å². The molecule has 2 aromatic carbocycles. The molecule has 2 rings (SSSR count). The van der Waals surface area contributed by atoms with Gasteiger partial charge >= 0.3 is 0 Å². The van der Waals surface area contributed by atoms with Gasteiger partial charge in [0.2, 0.25) is 0 Å². The second-order valence-electron chi connectivity index (χ2n) is 3.91. The Morgan fingerprint density at radius 1 is 1.17 bits per heavy atom. The van der Waals surface area contributed by atoms with E-state index in [9.17, 15) is 4.79 Å². The molecule has 0 aromatic heterocycles. The van der Waals surface area contributed by atoms with Crippen LogP contribution in [0, 0.1) is 0 Å². The third-order valence-corrected chi connectivity index (χ3v) is 2.55. The Morgan fingerprint density at radius 2 is 1.89 bits per heavy atom. The number of rotatable bonds is 3. The Hall–Kier alpha value is -2.55. The highest BCUT2D eigenvalue weighted by molar-refractivity contribution is 6.04. The lowest BCUT2D eigenvalue weighted by Gasteiger charge is -2.06. The topological polar surface area (TPSA) is 55.1 Å². The maximum atomic E-state index is 11.9. The van der Waals surface area contributed by atoms with Crippen molar-refractivity contribution in [1.29, 1.82) is 0 Å². The van der Waals surface area contributed by atoms with E-state index in [2.05, 4.69) is 11.9 Å². The number of hydrogen-bond donors (Lipinski definition) is 2. The average molecular weight is 238 g/mol. The van der Waals surface area contributed by atoms with Crippen LogP contribution in [0.4, 0.5) is 11.4 Å². The van der Waals surface area contributed by atoms with E-state index in [4.69, 9.17) is 5.73 Å². The summed E-state index contributed by atoms with van der Waals surface area (Å²) in [5.41, 5.74) is 8.54. The van der Waals surface area contributed by atoms with Crippen molar-refractivity contribution in [2.24, 2.45) is 0 Å². The summed E-state index contributed by atoms with van der Waals surface area (Å²) in [5, 5.41) is 2.79. The van der Waals surface area contributed by atoms with Gasteiger partial charge < -0.3 is 11.1 Å². The number of benzene rings is 2. The van der Waals surface area contributed by atoms with Gasteiger partial charge in [-0.05, 0) is 35.9 Å². The predicted octanol–water partition coefficient (Wildman–Crippen LogP) is 3.16. The highest BCUT2D eigenvalue weighted by atomic mass is 16.1. The van der Waals surface area contributed by atoms with Crippen LogP contribution in [-0.4, -0.2) is 5.91 Å². The van der Waals surface area contributed by atoms with Crippen LogP contribution in [0.25, 0.3) is 6.08 Å². The molecule has 0 aliphatic heterocycles. The van der Waals surface area contributed by atoms with Gasteiger partial charge in [0.25, 0.3) is 5.91 Å². The zero-order valence-corrected chi connectivity index (χ0v) is 9.89. The molecule has 90 valence electrons. The van der Waals surface area contributed by atoms with Gasteiger partial charge in [-0.1, -0.05) is 30.9 Å². The monoisotopic (exact) mass is 238 g/mol. The Labute approximate surface area is 106 Å². The minimum absolute atomic E-state index is 0.156. The van der Waals surface area contributed by atoms with E-state index >= 15 is 0 Å². The Bertz CT molecular complexity index is 573. The van der Waals surface area contributed by atoms with Crippen LogP contribution in [0.1, 0.15) is 15.9 Å². The molecule has 0 radical (unpaired) electrons. The quantitative estimate of drug-likeness (QED) is 0.807. The summed E-state index contributed by atoms with van der Waals surface area (Å²) < 4.78 is 0. The number of carbonyl (C=O) groups is 1. The molecule has 3 heteroatoms. The summed E-state index contributed by atoms with van der Waals surface area (Å²) in [6.07, 6.45) is 1.74. The van der Waals surface area contributed by atoms with Crippen molar-refractivity contribution in [3.8, 4) is 0 Å². The van der Waals surface area contributed by atoms with Gasteiger partial charge in [-0.15, -0.1) is 0 Å². The fourth-order valence-electron chi connectivity index (χ4n) is 1.59. The Balaban J connectivity index is 2.14. The molecular formula is C15H14N2O. The SMILES string of the molecule is C=Cc1ccc(C(=O)Nc2cccc(N)c2)cc1. The number of anilines is 2. The van der Waals surface area contributed by atoms with Gasteiger partial charge in [0.1, 0.15) is 0 Å². The van der Waals surface area contributed by atoms with Crippen molar-refractivity contribution < 1.29 is 4.79 Å². The van der Waals surface area contributed by atoms with Crippen LogP contribution < -0.4 is 11.1 Å². The molecule has 0 fully saturated rings. The molecular weight excluding hydrogens is 224 g/mol. The molecule has 0 saturated heterocycles. The Kier molecular flexibility index (Phi) is 3.44. The average Bonchev–Trinajstić information content (AvgIpc) is 2.39. The van der Waals surface area contributed by atoms with Gasteiger partial charge in [0.15, 0.2) is 0 Å². The fourth-order valence-corrected chi connectivity index (χ4v) is 1.59. The van der Waals surface area contributed by atoms with E-state index in [1.807, 2.05) is 12.1 Å². The molecule has 0 heterocycles. The lowest BCUT2D eigenvalue weighted by atomic mass is 10.1. The van der Waals surface area contributed by atoms with Gasteiger partial charge in [-0.3, -0.25) is 4.79 Å². The molecule has 0 bridgehead atoms. The van der Waals surface area contributed by atoms with Crippen molar-refractivity contribution in [3.63, 3.8) is 0 Å². The summed E-state index contributed by atoms with van der Waals surface area (Å²) in [4.78, 5) is 11.9. The van der Waals surface area contributed by atoms with Crippen LogP contribution in [0.2, 0.25) is 0 Å². The van der Waals surface area contributed by atoms with E-state index in [0.717, 1.165) is 5.56 Å². The number of nitrogens with two attached hydrogens (primary N) is 1. The van der Waals surface area contributed by atoms with Gasteiger partial charge in [0.05, 0.1) is 0 Å². The van der Waals surface area contributed by atoms with Crippen LogP contribution in [0.15, 0.2) is 55.1 Å². The van der Waals surface area contributed by atoms with Crippen LogP contribution >= 0.6 is 0 Å². The standard InChI is InChI=1S/C15H14N2O/c1-2-11-6-8-12(9-7-11)15(18)17-14-5-3-4-13(16)10-14/h2-10H,1,16H2,(H,17,18). The van der Waals surface area contributed by atoms with Crippen molar-refractivity contribution in [3.05, 3.63) is 66.2 Å². The first-order valence-electron chi connectivity index (χ1n) is 5.58. The number of amides is 1. The predicted molar refractivity (Wildman–Crippen MR) is 75.3 cm³/mol. The maximum absolute atomic E-state index is 11.9. The highest BCUT2D eigenvalue weighted by Crippen LogP contribution is 2.13. The molecule has 3 nitrogen and oxygen atoms in total. The molecule has 0 atom stereocenters. The Morgan fingerprint density at radius 3 is 2.50 bits per heavy atom. The molecule has 0 aliphatic rings. The van der Waals surface area contributed by atoms with Crippen molar-refractivity contribution in [2.75, 3.05) is 11.1 Å². The van der Waals surface area contributed by atoms with E-state index in [1.54, 1.807) is 42.5 Å². The number of nitrogen functional groups attached to an aromatic ring is 1. The largest absolute Gasteiger partial charge is 0.399 e. The first kappa shape index (κ1) is 11.9. The lowest BCUT2D eigenvalue weighted by Crippen LogP contribution is -2.11. The zero-order chi connectivity index (χ0) is 13.0. The molecule has 1 amide bonds. The normalized spacial score (nSPS) is 9.78. The first-order valence-corrected chi connectivity index (χ1v) is 5.58. The minimum atomic E-state index is -0.156. The second-order valence-corrected chi connectivity index (χ2v) is 3.91. The second kappa shape index (κ2) is 5.19. The highest BCUT2D eigenvalue weighted by Gasteiger charge is 2.05. The molecule has 0 spiro atoms. The smallest absolute Gasteiger partial charge is 0.255 e. The molecule has 0 unspecified atom stereocenters. The van der Waals surface area contributed by atoms with Crippen LogP contribution in [-0.2, 0) is 0 Å². The van der Waals surface area contributed by atoms with E-state index in [1.165, 1.54) is 0 Å². The van der Waals surface area contributed by atoms with E-state index < -0.39 is 0 Å². The van der Waals surface area contributed by atoms with Crippen molar-refractivity contribution >= 4 is 23.4 Å². The fraction of sp³-hybridized carbons (Fsp3) is 0. The zero-order valence-electron chi connectivity index (χ0n) is 9.89. The molecule has 18 heavy (non-hydrogen) atoms. The number of hydrogen-bond acceptors (Lipinski definition) is 2. The molecule has 2 aromatic rings. The van der Waals surface area contributed by atoms with Crippen LogP contribution in [0.3, 0.4) is 0 Å². The van der Waals surface area contributed by atoms with Crippen molar-refractivity contribution in [2.45, 2.75) is 0 Å². The third-order valence-electron chi connectivity index (χ3n) is 2.55. The first-order chi connectivity index (χ1) is 8.69. The van der Waals surface area contributed by atoms with Gasteiger partial charge in [-0.2, -0.15) is 0 Å². The molecule has 3 N–H and O–H groups in total. The molecule has 0 saturated carbocycles. The van der Waals surface area contributed by atoms with Crippen LogP contribution in [0.5, 0.6) is 0 Å². The maximum Gasteiger partial charge on any atom is 0.255 e. The van der Waals surface area contributed by atoms with E-state index in [0.29, 0.717) is 16.9 Å². The summed E-state index contributed by atoms with van der Waals surface area (Å²) in [5.74, 6) is -0.156. The van der Waals surface area contributed by atoms with Gasteiger partial charge in [-0.25, -0.2) is 0 Å². The summed E-state index contributed by atoms with van der Waals surface area (Å²) >= 11 is 0.